The predicted octanol–water partition coefficient (Wildman–Crippen LogP) is 2.51. The van der Waals surface area contributed by atoms with Gasteiger partial charge in [0.1, 0.15) is 5.75 Å². The quantitative estimate of drug-likeness (QED) is 0.722. The Hall–Kier alpha value is -2.15. The number of phenols is 1. The van der Waals surface area contributed by atoms with Crippen molar-refractivity contribution < 1.29 is 20.1 Å². The first kappa shape index (κ1) is 19.6. The molecule has 0 bridgehead atoms. The lowest BCUT2D eigenvalue weighted by atomic mass is 9.85. The molecule has 2 aromatic rings. The van der Waals surface area contributed by atoms with Gasteiger partial charge in [-0.3, -0.25) is 0 Å². The lowest BCUT2D eigenvalue weighted by molar-refractivity contribution is -0.0347. The molecular weight excluding hydrogens is 344 g/mol. The number of rotatable bonds is 6. The van der Waals surface area contributed by atoms with Crippen LogP contribution >= 0.6 is 0 Å². The highest BCUT2D eigenvalue weighted by molar-refractivity contribution is 5.36. The van der Waals surface area contributed by atoms with Crippen LogP contribution in [0.25, 0.3) is 0 Å². The average molecular weight is 372 g/mol. The number of nitrogens with zero attached hydrogens (tertiary/aromatic N) is 2. The van der Waals surface area contributed by atoms with Gasteiger partial charge >= 0.3 is 0 Å². The third-order valence-corrected chi connectivity index (χ3v) is 5.29. The fourth-order valence-electron chi connectivity index (χ4n) is 3.52. The maximum atomic E-state index is 11.0. The molecule has 0 aliphatic carbocycles. The molecule has 1 fully saturated rings. The van der Waals surface area contributed by atoms with Crippen LogP contribution < -0.4 is 4.74 Å². The highest BCUT2D eigenvalue weighted by atomic mass is 16.5. The second kappa shape index (κ2) is 8.25. The van der Waals surface area contributed by atoms with E-state index in [-0.39, 0.29) is 5.75 Å². The Balaban J connectivity index is 1.58. The maximum Gasteiger partial charge on any atom is 0.213 e. The van der Waals surface area contributed by atoms with Gasteiger partial charge in [-0.1, -0.05) is 6.07 Å². The molecule has 146 valence electrons. The van der Waals surface area contributed by atoms with E-state index < -0.39 is 11.7 Å². The second-order valence-corrected chi connectivity index (χ2v) is 7.21. The second-order valence-electron chi connectivity index (χ2n) is 7.21. The van der Waals surface area contributed by atoms with Gasteiger partial charge in [-0.15, -0.1) is 0 Å². The molecule has 3 N–H and O–H groups in total. The van der Waals surface area contributed by atoms with Crippen molar-refractivity contribution in [3.63, 3.8) is 0 Å². The SMILES string of the molecule is CCOc1ccc(C2(O)CCN(CC(O)c3ccc(O)c(C)c3)CC2)cn1. The first-order valence-corrected chi connectivity index (χ1v) is 9.43. The van der Waals surface area contributed by atoms with Crippen molar-refractivity contribution in [1.82, 2.24) is 9.88 Å². The molecule has 1 saturated heterocycles. The predicted molar refractivity (Wildman–Crippen MR) is 103 cm³/mol. The van der Waals surface area contributed by atoms with Gasteiger partial charge in [-0.2, -0.15) is 0 Å². The maximum absolute atomic E-state index is 11.0. The van der Waals surface area contributed by atoms with Crippen molar-refractivity contribution in [2.45, 2.75) is 38.4 Å². The third kappa shape index (κ3) is 4.58. The zero-order chi connectivity index (χ0) is 19.4. The van der Waals surface area contributed by atoms with Crippen LogP contribution in [0.2, 0.25) is 0 Å². The monoisotopic (exact) mass is 372 g/mol. The first-order valence-electron chi connectivity index (χ1n) is 9.43. The molecule has 1 aliphatic rings. The van der Waals surface area contributed by atoms with Crippen LogP contribution in [0.4, 0.5) is 0 Å². The van der Waals surface area contributed by atoms with Gasteiger partial charge in [0.05, 0.1) is 18.3 Å². The number of aliphatic hydroxyl groups excluding tert-OH is 1. The fourth-order valence-corrected chi connectivity index (χ4v) is 3.52. The molecule has 1 unspecified atom stereocenters. The molecule has 3 rings (SSSR count). The van der Waals surface area contributed by atoms with E-state index in [1.54, 1.807) is 24.4 Å². The first-order chi connectivity index (χ1) is 12.9. The summed E-state index contributed by atoms with van der Waals surface area (Å²) in [6.07, 6.45) is 2.24. The summed E-state index contributed by atoms with van der Waals surface area (Å²) in [7, 11) is 0. The lowest BCUT2D eigenvalue weighted by Gasteiger charge is -2.39. The van der Waals surface area contributed by atoms with E-state index in [1.807, 2.05) is 26.0 Å². The van der Waals surface area contributed by atoms with E-state index in [2.05, 4.69) is 9.88 Å². The summed E-state index contributed by atoms with van der Waals surface area (Å²) in [5.41, 5.74) is 1.46. The Morgan fingerprint density at radius 3 is 2.56 bits per heavy atom. The number of phenolic OH excluding ortho intramolecular Hbond substituents is 1. The number of pyridine rings is 1. The van der Waals surface area contributed by atoms with Gasteiger partial charge in [-0.05, 0) is 56.0 Å². The molecule has 0 saturated carbocycles. The zero-order valence-electron chi connectivity index (χ0n) is 15.9. The highest BCUT2D eigenvalue weighted by Crippen LogP contribution is 2.33. The number of β-amino-alcohol motifs (C(OH)–C–C–N with tert-alkyl or cyclic N) is 1. The van der Waals surface area contributed by atoms with Gasteiger partial charge in [0.25, 0.3) is 0 Å². The number of aromatic hydroxyl groups is 1. The molecule has 0 radical (unpaired) electrons. The molecule has 0 spiro atoms. The Labute approximate surface area is 160 Å². The van der Waals surface area contributed by atoms with Crippen LogP contribution in [0.15, 0.2) is 36.5 Å². The van der Waals surface area contributed by atoms with E-state index >= 15 is 0 Å². The Morgan fingerprint density at radius 1 is 1.22 bits per heavy atom. The average Bonchev–Trinajstić information content (AvgIpc) is 2.67. The van der Waals surface area contributed by atoms with E-state index in [1.165, 1.54) is 0 Å². The lowest BCUT2D eigenvalue weighted by Crippen LogP contribution is -2.44. The number of aliphatic hydroxyl groups is 2. The number of piperidine rings is 1. The number of hydrogen-bond acceptors (Lipinski definition) is 6. The molecular formula is C21H28N2O4. The van der Waals surface area contributed by atoms with Gasteiger partial charge in [0, 0.05) is 37.5 Å². The number of aromatic nitrogens is 1. The molecule has 0 amide bonds. The van der Waals surface area contributed by atoms with Gasteiger partial charge in [0.15, 0.2) is 0 Å². The summed E-state index contributed by atoms with van der Waals surface area (Å²) in [5, 5.41) is 31.1. The van der Waals surface area contributed by atoms with Gasteiger partial charge < -0.3 is 25.0 Å². The number of ether oxygens (including phenoxy) is 1. The molecule has 1 aromatic carbocycles. The minimum absolute atomic E-state index is 0.234. The Bertz CT molecular complexity index is 755. The largest absolute Gasteiger partial charge is 0.508 e. The molecule has 1 aromatic heterocycles. The smallest absolute Gasteiger partial charge is 0.213 e. The Morgan fingerprint density at radius 2 is 1.96 bits per heavy atom. The van der Waals surface area contributed by atoms with E-state index in [4.69, 9.17) is 4.74 Å². The van der Waals surface area contributed by atoms with Crippen LogP contribution in [0.5, 0.6) is 11.6 Å². The minimum Gasteiger partial charge on any atom is -0.508 e. The summed E-state index contributed by atoms with van der Waals surface area (Å²) in [6.45, 7) is 6.18. The summed E-state index contributed by atoms with van der Waals surface area (Å²) in [4.78, 5) is 6.41. The van der Waals surface area contributed by atoms with Crippen molar-refractivity contribution in [3.8, 4) is 11.6 Å². The van der Waals surface area contributed by atoms with Crippen molar-refractivity contribution in [2.24, 2.45) is 0 Å². The molecule has 2 heterocycles. The molecule has 1 atom stereocenters. The molecule has 1 aliphatic heterocycles. The van der Waals surface area contributed by atoms with E-state index in [0.29, 0.717) is 45.0 Å². The standard InChI is InChI=1S/C21H28N2O4/c1-3-27-20-7-5-17(13-22-20)21(26)8-10-23(11-9-21)14-19(25)16-4-6-18(24)15(2)12-16/h4-7,12-13,19,24-26H,3,8-11,14H2,1-2H3. The summed E-state index contributed by atoms with van der Waals surface area (Å²) in [6, 6.07) is 8.84. The van der Waals surface area contributed by atoms with Crippen LogP contribution in [-0.4, -0.2) is 51.4 Å². The van der Waals surface area contributed by atoms with Gasteiger partial charge in [0.2, 0.25) is 5.88 Å². The zero-order valence-corrected chi connectivity index (χ0v) is 15.9. The van der Waals surface area contributed by atoms with Crippen molar-refractivity contribution in [3.05, 3.63) is 53.2 Å². The fraction of sp³-hybridized carbons (Fsp3) is 0.476. The topological polar surface area (TPSA) is 86.1 Å². The molecule has 27 heavy (non-hydrogen) atoms. The van der Waals surface area contributed by atoms with Gasteiger partial charge in [-0.25, -0.2) is 4.98 Å². The highest BCUT2D eigenvalue weighted by Gasteiger charge is 2.34. The van der Waals surface area contributed by atoms with E-state index in [9.17, 15) is 15.3 Å². The summed E-state index contributed by atoms with van der Waals surface area (Å²) in [5.74, 6) is 0.799. The number of aryl methyl sites for hydroxylation is 1. The number of hydrogen-bond donors (Lipinski definition) is 3. The van der Waals surface area contributed by atoms with Crippen LogP contribution in [0.3, 0.4) is 0 Å². The molecule has 6 heteroatoms. The minimum atomic E-state index is -0.895. The van der Waals surface area contributed by atoms with Crippen molar-refractivity contribution in [1.29, 1.82) is 0 Å². The number of likely N-dealkylation sites (tertiary alicyclic amines) is 1. The number of benzene rings is 1. The van der Waals surface area contributed by atoms with Crippen LogP contribution in [-0.2, 0) is 5.60 Å². The molecule has 6 nitrogen and oxygen atoms in total. The van der Waals surface area contributed by atoms with Crippen molar-refractivity contribution >= 4 is 0 Å². The Kier molecular flexibility index (Phi) is 5.99. The summed E-state index contributed by atoms with van der Waals surface area (Å²) < 4.78 is 5.36. The third-order valence-electron chi connectivity index (χ3n) is 5.29. The normalized spacial score (nSPS) is 18.2. The van der Waals surface area contributed by atoms with E-state index in [0.717, 1.165) is 16.7 Å². The van der Waals surface area contributed by atoms with Crippen LogP contribution in [0.1, 0.15) is 42.6 Å². The van der Waals surface area contributed by atoms with Crippen LogP contribution in [0, 0.1) is 6.92 Å². The van der Waals surface area contributed by atoms with Crippen molar-refractivity contribution in [2.75, 3.05) is 26.2 Å². The summed E-state index contributed by atoms with van der Waals surface area (Å²) >= 11 is 0.